The molecule has 0 bridgehead atoms. The highest BCUT2D eigenvalue weighted by Crippen LogP contribution is 2.35. The summed E-state index contributed by atoms with van der Waals surface area (Å²) in [4.78, 5) is 11.1. The topological polar surface area (TPSA) is 72.5 Å². The molecule has 0 heterocycles. The number of ether oxygens (including phenoxy) is 1. The standard InChI is InChI=1S/C14H10BrClFNO3/c1-6-2-7(3-8(13(6)18)14(19)20)21-12-5-11(17)10(16)4-9(12)15/h2-5H,18H2,1H3,(H,19,20). The van der Waals surface area contributed by atoms with E-state index in [1.165, 1.54) is 12.1 Å². The Labute approximate surface area is 133 Å². The van der Waals surface area contributed by atoms with E-state index in [1.54, 1.807) is 13.0 Å². The summed E-state index contributed by atoms with van der Waals surface area (Å²) in [5.41, 5.74) is 6.34. The number of halogens is 3. The van der Waals surface area contributed by atoms with Crippen molar-refractivity contribution < 1.29 is 19.0 Å². The molecule has 3 N–H and O–H groups in total. The molecule has 0 saturated carbocycles. The second kappa shape index (κ2) is 5.91. The van der Waals surface area contributed by atoms with Crippen molar-refractivity contribution in [2.75, 3.05) is 5.73 Å². The monoisotopic (exact) mass is 373 g/mol. The van der Waals surface area contributed by atoms with Crippen LogP contribution in [-0.2, 0) is 0 Å². The van der Waals surface area contributed by atoms with E-state index in [2.05, 4.69) is 15.9 Å². The van der Waals surface area contributed by atoms with Crippen LogP contribution in [0.1, 0.15) is 15.9 Å². The van der Waals surface area contributed by atoms with Crippen molar-refractivity contribution in [3.63, 3.8) is 0 Å². The quantitative estimate of drug-likeness (QED) is 0.607. The molecule has 0 unspecified atom stereocenters. The van der Waals surface area contributed by atoms with Crippen LogP contribution in [-0.4, -0.2) is 11.1 Å². The molecule has 0 aromatic heterocycles. The summed E-state index contributed by atoms with van der Waals surface area (Å²) < 4.78 is 19.4. The molecule has 0 aliphatic rings. The van der Waals surface area contributed by atoms with E-state index in [-0.39, 0.29) is 27.8 Å². The SMILES string of the molecule is Cc1cc(Oc2cc(F)c(Cl)cc2Br)cc(C(=O)O)c1N. The average molecular weight is 375 g/mol. The maximum absolute atomic E-state index is 13.5. The van der Waals surface area contributed by atoms with E-state index < -0.39 is 11.8 Å². The van der Waals surface area contributed by atoms with Gasteiger partial charge >= 0.3 is 5.97 Å². The number of carboxylic acid groups (broad SMARTS) is 1. The Morgan fingerprint density at radius 3 is 2.67 bits per heavy atom. The van der Waals surface area contributed by atoms with Crippen LogP contribution in [0.15, 0.2) is 28.7 Å². The molecule has 0 fully saturated rings. The molecule has 0 aliphatic carbocycles. The largest absolute Gasteiger partial charge is 0.478 e. The number of nitrogens with two attached hydrogens (primary N) is 1. The number of carboxylic acids is 1. The van der Waals surface area contributed by atoms with Crippen molar-refractivity contribution in [2.45, 2.75) is 6.92 Å². The van der Waals surface area contributed by atoms with Crippen LogP contribution in [0.4, 0.5) is 10.1 Å². The lowest BCUT2D eigenvalue weighted by molar-refractivity contribution is 0.0697. The van der Waals surface area contributed by atoms with Gasteiger partial charge in [0.2, 0.25) is 0 Å². The number of benzene rings is 2. The summed E-state index contributed by atoms with van der Waals surface area (Å²) in [5.74, 6) is -1.39. The second-order valence-corrected chi connectivity index (χ2v) is 5.57. The predicted octanol–water partition coefficient (Wildman–Crippen LogP) is 4.62. The van der Waals surface area contributed by atoms with Gasteiger partial charge in [-0.2, -0.15) is 0 Å². The van der Waals surface area contributed by atoms with Crippen LogP contribution < -0.4 is 10.5 Å². The summed E-state index contributed by atoms with van der Waals surface area (Å²) >= 11 is 8.85. The summed E-state index contributed by atoms with van der Waals surface area (Å²) in [6.45, 7) is 1.66. The van der Waals surface area contributed by atoms with Crippen LogP contribution >= 0.6 is 27.5 Å². The molecule has 7 heteroatoms. The van der Waals surface area contributed by atoms with Gasteiger partial charge in [0.05, 0.1) is 15.1 Å². The Morgan fingerprint density at radius 1 is 1.38 bits per heavy atom. The summed E-state index contributed by atoms with van der Waals surface area (Å²) in [6.07, 6.45) is 0. The first-order chi connectivity index (χ1) is 9.79. The number of aryl methyl sites for hydroxylation is 1. The molecule has 0 spiro atoms. The zero-order valence-corrected chi connectivity index (χ0v) is 13.1. The van der Waals surface area contributed by atoms with Gasteiger partial charge in [0.25, 0.3) is 0 Å². The van der Waals surface area contributed by atoms with Gasteiger partial charge in [0, 0.05) is 11.8 Å². The Balaban J connectivity index is 2.45. The number of carbonyl (C=O) groups is 1. The molecular weight excluding hydrogens is 365 g/mol. The minimum atomic E-state index is -1.16. The van der Waals surface area contributed by atoms with Crippen molar-refractivity contribution in [3.8, 4) is 11.5 Å². The van der Waals surface area contributed by atoms with Gasteiger partial charge in [-0.25, -0.2) is 9.18 Å². The molecule has 0 radical (unpaired) electrons. The summed E-state index contributed by atoms with van der Waals surface area (Å²) in [7, 11) is 0. The van der Waals surface area contributed by atoms with Crippen LogP contribution in [0.3, 0.4) is 0 Å². The maximum Gasteiger partial charge on any atom is 0.337 e. The molecule has 2 rings (SSSR count). The number of hydrogen-bond donors (Lipinski definition) is 2. The molecule has 0 atom stereocenters. The van der Waals surface area contributed by atoms with Crippen molar-refractivity contribution >= 4 is 39.2 Å². The number of nitrogen functional groups attached to an aromatic ring is 1. The zero-order chi connectivity index (χ0) is 15.7. The van der Waals surface area contributed by atoms with Gasteiger partial charge in [-0.15, -0.1) is 0 Å². The predicted molar refractivity (Wildman–Crippen MR) is 81.7 cm³/mol. The highest BCUT2D eigenvalue weighted by atomic mass is 79.9. The van der Waals surface area contributed by atoms with Crippen molar-refractivity contribution in [1.82, 2.24) is 0 Å². The number of aromatic carboxylic acids is 1. The fourth-order valence-electron chi connectivity index (χ4n) is 1.71. The molecule has 0 amide bonds. The van der Waals surface area contributed by atoms with E-state index in [4.69, 9.17) is 27.2 Å². The van der Waals surface area contributed by atoms with E-state index in [0.717, 1.165) is 6.07 Å². The minimum absolute atomic E-state index is 0.0473. The van der Waals surface area contributed by atoms with Crippen LogP contribution in [0.2, 0.25) is 5.02 Å². The molecule has 0 aliphatic heterocycles. The van der Waals surface area contributed by atoms with E-state index in [1.807, 2.05) is 0 Å². The molecule has 4 nitrogen and oxygen atoms in total. The number of anilines is 1. The van der Waals surface area contributed by atoms with E-state index >= 15 is 0 Å². The average Bonchev–Trinajstić information content (AvgIpc) is 2.39. The fourth-order valence-corrected chi connectivity index (χ4v) is 2.43. The summed E-state index contributed by atoms with van der Waals surface area (Å²) in [6, 6.07) is 5.32. The van der Waals surface area contributed by atoms with Gasteiger partial charge in [0.15, 0.2) is 0 Å². The lowest BCUT2D eigenvalue weighted by Crippen LogP contribution is -2.04. The summed E-state index contributed by atoms with van der Waals surface area (Å²) in [5, 5.41) is 9.05. The molecule has 21 heavy (non-hydrogen) atoms. The number of rotatable bonds is 3. The van der Waals surface area contributed by atoms with Crippen LogP contribution in [0, 0.1) is 12.7 Å². The van der Waals surface area contributed by atoms with Crippen LogP contribution in [0.5, 0.6) is 11.5 Å². The number of hydrogen-bond acceptors (Lipinski definition) is 3. The first-order valence-corrected chi connectivity index (χ1v) is 6.92. The van der Waals surface area contributed by atoms with Gasteiger partial charge in [-0.05, 0) is 46.6 Å². The van der Waals surface area contributed by atoms with E-state index in [9.17, 15) is 9.18 Å². The first-order valence-electron chi connectivity index (χ1n) is 5.75. The third kappa shape index (κ3) is 3.28. The lowest BCUT2D eigenvalue weighted by Gasteiger charge is -2.12. The van der Waals surface area contributed by atoms with Gasteiger partial charge in [-0.3, -0.25) is 0 Å². The molecule has 110 valence electrons. The second-order valence-electron chi connectivity index (χ2n) is 4.31. The Bertz CT molecular complexity index is 737. The van der Waals surface area contributed by atoms with Gasteiger partial charge in [0.1, 0.15) is 17.3 Å². The molecule has 2 aromatic carbocycles. The zero-order valence-electron chi connectivity index (χ0n) is 10.8. The molecular formula is C14H10BrClFNO3. The van der Waals surface area contributed by atoms with Crippen LogP contribution in [0.25, 0.3) is 0 Å². The minimum Gasteiger partial charge on any atom is -0.478 e. The maximum atomic E-state index is 13.5. The normalized spacial score (nSPS) is 10.5. The van der Waals surface area contributed by atoms with Crippen molar-refractivity contribution in [1.29, 1.82) is 0 Å². The smallest absolute Gasteiger partial charge is 0.337 e. The van der Waals surface area contributed by atoms with Gasteiger partial charge in [-0.1, -0.05) is 11.6 Å². The fraction of sp³-hybridized carbons (Fsp3) is 0.0714. The molecule has 0 saturated heterocycles. The van der Waals surface area contributed by atoms with Crippen molar-refractivity contribution in [2.24, 2.45) is 0 Å². The highest BCUT2D eigenvalue weighted by Gasteiger charge is 2.14. The van der Waals surface area contributed by atoms with Gasteiger partial charge < -0.3 is 15.6 Å². The Hall–Kier alpha value is -1.79. The van der Waals surface area contributed by atoms with Crippen molar-refractivity contribution in [3.05, 3.63) is 50.7 Å². The third-order valence-electron chi connectivity index (χ3n) is 2.79. The molecule has 2 aromatic rings. The first kappa shape index (κ1) is 15.6. The third-order valence-corrected chi connectivity index (χ3v) is 3.70. The van der Waals surface area contributed by atoms with E-state index in [0.29, 0.717) is 10.0 Å². The Kier molecular flexibility index (Phi) is 4.39. The Morgan fingerprint density at radius 2 is 2.05 bits per heavy atom. The highest BCUT2D eigenvalue weighted by molar-refractivity contribution is 9.10. The lowest BCUT2D eigenvalue weighted by atomic mass is 10.1.